The summed E-state index contributed by atoms with van der Waals surface area (Å²) in [6.07, 6.45) is 15.1. The largest absolute Gasteiger partial charge is 1.00 e. The summed E-state index contributed by atoms with van der Waals surface area (Å²) < 4.78 is 34.5. The molecule has 144 valence electrons. The second-order valence-corrected chi connectivity index (χ2v) is 6.73. The Hall–Kier alpha value is 0.210. The van der Waals surface area contributed by atoms with Crippen molar-refractivity contribution in [2.24, 2.45) is 0 Å². The molecule has 0 bridgehead atoms. The van der Waals surface area contributed by atoms with Gasteiger partial charge in [0.2, 0.25) is 10.4 Å². The van der Waals surface area contributed by atoms with Crippen LogP contribution in [-0.4, -0.2) is 32.1 Å². The van der Waals surface area contributed by atoms with Gasteiger partial charge in [0.1, 0.15) is 12.6 Å². The first kappa shape index (κ1) is 30.0. The van der Waals surface area contributed by atoms with Crippen LogP contribution in [0.3, 0.4) is 0 Å². The second-order valence-electron chi connectivity index (χ2n) is 5.68. The molecule has 0 saturated heterocycles. The van der Waals surface area contributed by atoms with Crippen molar-refractivity contribution in [3.8, 4) is 0 Å². The first-order valence-electron chi connectivity index (χ1n) is 8.95. The average Bonchev–Trinajstić information content (AvgIpc) is 2.53. The molecule has 0 atom stereocenters. The summed E-state index contributed by atoms with van der Waals surface area (Å²) in [7, 11) is -4.48. The second kappa shape index (κ2) is 24.2. The zero-order valence-corrected chi connectivity index (χ0v) is 18.7. The van der Waals surface area contributed by atoms with Gasteiger partial charge in [0.25, 0.3) is 0 Å². The molecule has 8 heteroatoms. The van der Waals surface area contributed by atoms with E-state index < -0.39 is 10.4 Å². The van der Waals surface area contributed by atoms with E-state index >= 15 is 0 Å². The quantitative estimate of drug-likeness (QED) is 0.128. The van der Waals surface area contributed by atoms with Gasteiger partial charge in [-0.3, -0.25) is 4.18 Å². The normalized spacial score (nSPS) is 10.3. The number of carbonyl (C=O) groups excluding carboxylic acids is 2. The van der Waals surface area contributed by atoms with Gasteiger partial charge in [-0.1, -0.05) is 64.7 Å². The number of carbonyl (C=O) groups is 2. The Bertz CT molecular complexity index is 365. The minimum Gasteiger partial charge on any atom is -0.726 e. The average molecular weight is 389 g/mol. The van der Waals surface area contributed by atoms with E-state index in [1.165, 1.54) is 44.9 Å². The fourth-order valence-electron chi connectivity index (χ4n) is 2.04. The Kier molecular flexibility index (Phi) is 29.0. The summed E-state index contributed by atoms with van der Waals surface area (Å²) in [5, 5.41) is 0. The zero-order valence-electron chi connectivity index (χ0n) is 15.9. The maximum Gasteiger partial charge on any atom is 1.00 e. The smallest absolute Gasteiger partial charge is 0.726 e. The summed E-state index contributed by atoms with van der Waals surface area (Å²) in [5.41, 5.74) is 0. The van der Waals surface area contributed by atoms with Crippen molar-refractivity contribution in [1.29, 1.82) is 0 Å². The van der Waals surface area contributed by atoms with Crippen molar-refractivity contribution < 1.29 is 56.3 Å². The summed E-state index contributed by atoms with van der Waals surface area (Å²) in [6.45, 7) is 2.24. The third-order valence-corrected chi connectivity index (χ3v) is 3.82. The number of hydrogen-bond donors (Lipinski definition) is 0. The van der Waals surface area contributed by atoms with Gasteiger partial charge >= 0.3 is 29.6 Å². The molecule has 0 aromatic rings. The van der Waals surface area contributed by atoms with Crippen LogP contribution in [0.1, 0.15) is 90.4 Å². The van der Waals surface area contributed by atoms with Gasteiger partial charge in [-0.2, -0.15) is 0 Å². The van der Waals surface area contributed by atoms with Gasteiger partial charge in [0.05, 0.1) is 6.61 Å². The van der Waals surface area contributed by atoms with Crippen LogP contribution in [0.5, 0.6) is 0 Å². The standard InChI is InChI=1S/C12H26O4S.C5H8O2.Na/c1-2-3-4-5-6-7-8-9-10-11-12-16-17(13,14)15;6-4-2-1-3-5-7;/h2-12H2,1H3,(H,13,14,15);4-5H,1-3H2;/q;;+1/p-1. The Labute approximate surface area is 175 Å². The van der Waals surface area contributed by atoms with E-state index in [1.807, 2.05) is 0 Å². The Balaban J connectivity index is -0.000000513. The van der Waals surface area contributed by atoms with E-state index in [9.17, 15) is 22.6 Å². The number of rotatable bonds is 16. The number of unbranched alkanes of at least 4 members (excludes halogenated alkanes) is 11. The van der Waals surface area contributed by atoms with Crippen molar-refractivity contribution in [2.45, 2.75) is 90.4 Å². The molecule has 0 aromatic carbocycles. The molecule has 0 radical (unpaired) electrons. The van der Waals surface area contributed by atoms with Crippen LogP contribution in [-0.2, 0) is 24.2 Å². The minimum atomic E-state index is -4.48. The summed E-state index contributed by atoms with van der Waals surface area (Å²) in [6, 6.07) is 0. The monoisotopic (exact) mass is 388 g/mol. The molecule has 0 aliphatic heterocycles. The van der Waals surface area contributed by atoms with E-state index in [1.54, 1.807) is 0 Å². The zero-order chi connectivity index (χ0) is 18.5. The van der Waals surface area contributed by atoms with Crippen LogP contribution in [0.2, 0.25) is 0 Å². The molecule has 0 aliphatic rings. The fourth-order valence-corrected chi connectivity index (χ4v) is 2.36. The predicted octanol–water partition coefficient (Wildman–Crippen LogP) is 0.943. The molecule has 0 heterocycles. The van der Waals surface area contributed by atoms with Crippen LogP contribution in [0.15, 0.2) is 0 Å². The third-order valence-electron chi connectivity index (χ3n) is 3.37. The summed E-state index contributed by atoms with van der Waals surface area (Å²) >= 11 is 0. The van der Waals surface area contributed by atoms with Crippen molar-refractivity contribution >= 4 is 23.0 Å². The van der Waals surface area contributed by atoms with E-state index in [0.717, 1.165) is 25.4 Å². The molecule has 0 spiro atoms. The van der Waals surface area contributed by atoms with Crippen LogP contribution >= 0.6 is 0 Å². The van der Waals surface area contributed by atoms with Gasteiger partial charge in [0.15, 0.2) is 0 Å². The summed E-state index contributed by atoms with van der Waals surface area (Å²) in [5.74, 6) is 0. The van der Waals surface area contributed by atoms with Gasteiger partial charge in [0, 0.05) is 12.8 Å². The number of aldehydes is 2. The van der Waals surface area contributed by atoms with E-state index in [0.29, 0.717) is 25.7 Å². The van der Waals surface area contributed by atoms with Gasteiger partial charge in [-0.25, -0.2) is 8.42 Å². The predicted molar refractivity (Wildman–Crippen MR) is 93.5 cm³/mol. The molecule has 0 aromatic heterocycles. The molecular weight excluding hydrogens is 355 g/mol. The van der Waals surface area contributed by atoms with Gasteiger partial charge in [-0.05, 0) is 12.8 Å². The molecule has 25 heavy (non-hydrogen) atoms. The van der Waals surface area contributed by atoms with Crippen molar-refractivity contribution in [3.05, 3.63) is 0 Å². The summed E-state index contributed by atoms with van der Waals surface area (Å²) in [4.78, 5) is 19.1. The van der Waals surface area contributed by atoms with Gasteiger partial charge < -0.3 is 14.1 Å². The first-order chi connectivity index (χ1) is 11.5. The molecule has 0 unspecified atom stereocenters. The maximum absolute atomic E-state index is 10.1. The van der Waals surface area contributed by atoms with E-state index in [2.05, 4.69) is 11.1 Å². The van der Waals surface area contributed by atoms with Crippen molar-refractivity contribution in [1.82, 2.24) is 0 Å². The van der Waals surface area contributed by atoms with Crippen LogP contribution < -0.4 is 29.6 Å². The maximum atomic E-state index is 10.1. The third kappa shape index (κ3) is 36.0. The van der Waals surface area contributed by atoms with Crippen LogP contribution in [0.4, 0.5) is 0 Å². The van der Waals surface area contributed by atoms with E-state index in [4.69, 9.17) is 0 Å². The SMILES string of the molecule is CCCCCCCCCCCCOS(=O)(=O)[O-].O=CCCCC=O.[Na+]. The Morgan fingerprint density at radius 3 is 1.52 bits per heavy atom. The molecule has 0 saturated carbocycles. The Morgan fingerprint density at radius 1 is 0.760 bits per heavy atom. The van der Waals surface area contributed by atoms with E-state index in [-0.39, 0.29) is 36.2 Å². The fraction of sp³-hybridized carbons (Fsp3) is 0.882. The van der Waals surface area contributed by atoms with Crippen LogP contribution in [0, 0.1) is 0 Å². The molecular formula is C17H33NaO6S. The molecule has 0 aliphatic carbocycles. The molecule has 0 N–H and O–H groups in total. The number of hydrogen-bond acceptors (Lipinski definition) is 6. The van der Waals surface area contributed by atoms with Crippen molar-refractivity contribution in [2.75, 3.05) is 6.61 Å². The topological polar surface area (TPSA) is 101 Å². The van der Waals surface area contributed by atoms with Crippen molar-refractivity contribution in [3.63, 3.8) is 0 Å². The van der Waals surface area contributed by atoms with Crippen LogP contribution in [0.25, 0.3) is 0 Å². The minimum absolute atomic E-state index is 0. The molecule has 0 rings (SSSR count). The Morgan fingerprint density at radius 2 is 1.16 bits per heavy atom. The molecule has 0 amide bonds. The van der Waals surface area contributed by atoms with Gasteiger partial charge in [-0.15, -0.1) is 0 Å². The molecule has 6 nitrogen and oxygen atoms in total. The molecule has 0 fully saturated rings. The first-order valence-corrected chi connectivity index (χ1v) is 10.3.